The predicted octanol–water partition coefficient (Wildman–Crippen LogP) is 2.84. The maximum atomic E-state index is 12.4. The molecule has 0 atom stereocenters. The number of thiophene rings is 1. The number of nitrogens with zero attached hydrogens (tertiary/aromatic N) is 4. The first-order valence-electron chi connectivity index (χ1n) is 7.37. The highest BCUT2D eigenvalue weighted by Gasteiger charge is 2.33. The molecule has 0 unspecified atom stereocenters. The molecule has 0 spiro atoms. The molecule has 6 heteroatoms. The molecular weight excluding hydrogens is 308 g/mol. The zero-order valence-corrected chi connectivity index (χ0v) is 13.1. The Morgan fingerprint density at radius 1 is 1.09 bits per heavy atom. The minimum absolute atomic E-state index is 0.0186. The lowest BCUT2D eigenvalue weighted by Crippen LogP contribution is -2.48. The van der Waals surface area contributed by atoms with Gasteiger partial charge in [-0.1, -0.05) is 12.1 Å². The number of pyridine rings is 1. The average molecular weight is 322 g/mol. The lowest BCUT2D eigenvalue weighted by molar-refractivity contribution is 0.0598. The minimum Gasteiger partial charge on any atom is -0.337 e. The van der Waals surface area contributed by atoms with Crippen LogP contribution >= 0.6 is 11.3 Å². The lowest BCUT2D eigenvalue weighted by Gasteiger charge is -2.38. The van der Waals surface area contributed by atoms with Gasteiger partial charge in [-0.3, -0.25) is 9.78 Å². The van der Waals surface area contributed by atoms with Gasteiger partial charge in [-0.05, 0) is 23.6 Å². The van der Waals surface area contributed by atoms with Crippen LogP contribution < -0.4 is 0 Å². The fraction of sp³-hybridized carbons (Fsp3) is 0.176. The van der Waals surface area contributed by atoms with Gasteiger partial charge in [-0.15, -0.1) is 11.3 Å². The summed E-state index contributed by atoms with van der Waals surface area (Å²) in [5, 5.41) is 1.98. The summed E-state index contributed by atoms with van der Waals surface area (Å²) in [4.78, 5) is 28.2. The van der Waals surface area contributed by atoms with E-state index in [1.54, 1.807) is 29.9 Å². The molecule has 0 N–H and O–H groups in total. The zero-order chi connectivity index (χ0) is 15.6. The normalized spacial score (nSPS) is 14.5. The number of rotatable bonds is 3. The van der Waals surface area contributed by atoms with Crippen molar-refractivity contribution >= 4 is 17.2 Å². The van der Waals surface area contributed by atoms with E-state index < -0.39 is 0 Å². The highest BCUT2D eigenvalue weighted by molar-refractivity contribution is 7.13. The monoisotopic (exact) mass is 322 g/mol. The molecule has 1 aliphatic rings. The maximum absolute atomic E-state index is 12.4. The predicted molar refractivity (Wildman–Crippen MR) is 88.2 cm³/mol. The van der Waals surface area contributed by atoms with Crippen LogP contribution in [0.3, 0.4) is 0 Å². The summed E-state index contributed by atoms with van der Waals surface area (Å²) in [6.45, 7) is 1.39. The molecule has 0 bridgehead atoms. The fourth-order valence-corrected chi connectivity index (χ4v) is 3.27. The molecule has 4 rings (SSSR count). The second-order valence-electron chi connectivity index (χ2n) is 5.43. The van der Waals surface area contributed by atoms with E-state index in [2.05, 4.69) is 15.0 Å². The molecule has 23 heavy (non-hydrogen) atoms. The molecule has 0 aliphatic carbocycles. The van der Waals surface area contributed by atoms with Gasteiger partial charge in [0.25, 0.3) is 5.91 Å². The minimum atomic E-state index is -0.0186. The number of amides is 1. The first-order valence-corrected chi connectivity index (χ1v) is 8.25. The molecule has 3 aromatic rings. The number of hydrogen-bond acceptors (Lipinski definition) is 5. The van der Waals surface area contributed by atoms with Crippen LogP contribution in [0.2, 0.25) is 0 Å². The van der Waals surface area contributed by atoms with Gasteiger partial charge in [0.15, 0.2) is 5.82 Å². The van der Waals surface area contributed by atoms with E-state index in [1.807, 2.05) is 40.6 Å². The molecule has 1 aliphatic heterocycles. The third-order valence-corrected chi connectivity index (χ3v) is 4.78. The maximum Gasteiger partial charge on any atom is 0.257 e. The number of likely N-dealkylation sites (tertiary alicyclic amines) is 1. The Hall–Kier alpha value is -2.60. The summed E-state index contributed by atoms with van der Waals surface area (Å²) in [5.74, 6) is 0.966. The van der Waals surface area contributed by atoms with Gasteiger partial charge in [0.1, 0.15) is 0 Å². The third-order valence-electron chi connectivity index (χ3n) is 3.92. The second-order valence-corrected chi connectivity index (χ2v) is 6.38. The van der Waals surface area contributed by atoms with Gasteiger partial charge < -0.3 is 4.90 Å². The van der Waals surface area contributed by atoms with Gasteiger partial charge in [0.2, 0.25) is 0 Å². The number of hydrogen-bond donors (Lipinski definition) is 0. The molecule has 1 fully saturated rings. The fourth-order valence-electron chi connectivity index (χ4n) is 2.60. The Labute approximate surface area is 137 Å². The van der Waals surface area contributed by atoms with E-state index in [4.69, 9.17) is 0 Å². The van der Waals surface area contributed by atoms with Crippen molar-refractivity contribution in [1.29, 1.82) is 0 Å². The standard InChI is InChI=1S/C17H14N4OS/c22-17(21-10-13(11-21)14-4-1-2-6-18-14)12-8-19-16(20-9-12)15-5-3-7-23-15/h1-9,13H,10-11H2. The van der Waals surface area contributed by atoms with Crippen molar-refractivity contribution in [1.82, 2.24) is 19.9 Å². The van der Waals surface area contributed by atoms with Crippen LogP contribution in [0.15, 0.2) is 54.3 Å². The second kappa shape index (κ2) is 5.89. The van der Waals surface area contributed by atoms with E-state index in [9.17, 15) is 4.79 Å². The van der Waals surface area contributed by atoms with Crippen LogP contribution in [0.4, 0.5) is 0 Å². The van der Waals surface area contributed by atoms with Crippen molar-refractivity contribution in [2.75, 3.05) is 13.1 Å². The quantitative estimate of drug-likeness (QED) is 0.744. The Balaban J connectivity index is 1.42. The van der Waals surface area contributed by atoms with Crippen molar-refractivity contribution in [3.63, 3.8) is 0 Å². The van der Waals surface area contributed by atoms with E-state index in [-0.39, 0.29) is 5.91 Å². The van der Waals surface area contributed by atoms with E-state index in [0.717, 1.165) is 10.6 Å². The molecule has 1 saturated heterocycles. The van der Waals surface area contributed by atoms with Crippen molar-refractivity contribution < 1.29 is 4.79 Å². The smallest absolute Gasteiger partial charge is 0.257 e. The largest absolute Gasteiger partial charge is 0.337 e. The highest BCUT2D eigenvalue weighted by Crippen LogP contribution is 2.27. The van der Waals surface area contributed by atoms with Gasteiger partial charge in [0, 0.05) is 43.3 Å². The van der Waals surface area contributed by atoms with Crippen LogP contribution in [-0.4, -0.2) is 38.8 Å². The Morgan fingerprint density at radius 2 is 1.91 bits per heavy atom. The third kappa shape index (κ3) is 2.73. The summed E-state index contributed by atoms with van der Waals surface area (Å²) in [6, 6.07) is 9.81. The van der Waals surface area contributed by atoms with Crippen LogP contribution in [0.25, 0.3) is 10.7 Å². The van der Waals surface area contributed by atoms with Gasteiger partial charge in [-0.25, -0.2) is 9.97 Å². The number of carbonyl (C=O) groups excluding carboxylic acids is 1. The molecule has 0 saturated carbocycles. The summed E-state index contributed by atoms with van der Waals surface area (Å²) in [5.41, 5.74) is 1.57. The SMILES string of the molecule is O=C(c1cnc(-c2cccs2)nc1)N1CC(c2ccccn2)C1. The van der Waals surface area contributed by atoms with Crippen molar-refractivity contribution in [2.45, 2.75) is 5.92 Å². The summed E-state index contributed by atoms with van der Waals surface area (Å²) in [7, 11) is 0. The van der Waals surface area contributed by atoms with Gasteiger partial charge >= 0.3 is 0 Å². The number of carbonyl (C=O) groups is 1. The Bertz CT molecular complexity index is 796. The molecule has 0 aromatic carbocycles. The topological polar surface area (TPSA) is 59.0 Å². The first kappa shape index (κ1) is 14.0. The molecule has 0 radical (unpaired) electrons. The lowest BCUT2D eigenvalue weighted by atomic mass is 9.95. The summed E-state index contributed by atoms with van der Waals surface area (Å²) in [6.07, 6.45) is 5.01. The first-order chi connectivity index (χ1) is 11.3. The van der Waals surface area contributed by atoms with Crippen molar-refractivity contribution in [2.24, 2.45) is 0 Å². The van der Waals surface area contributed by atoms with E-state index in [1.165, 1.54) is 0 Å². The molecular formula is C17H14N4OS. The summed E-state index contributed by atoms with van der Waals surface area (Å²) < 4.78 is 0. The van der Waals surface area contributed by atoms with Crippen LogP contribution in [0.1, 0.15) is 22.0 Å². The van der Waals surface area contributed by atoms with E-state index >= 15 is 0 Å². The molecule has 3 aromatic heterocycles. The Morgan fingerprint density at radius 3 is 2.57 bits per heavy atom. The highest BCUT2D eigenvalue weighted by atomic mass is 32.1. The molecule has 5 nitrogen and oxygen atoms in total. The summed E-state index contributed by atoms with van der Waals surface area (Å²) >= 11 is 1.58. The van der Waals surface area contributed by atoms with Crippen LogP contribution in [0, 0.1) is 0 Å². The Kier molecular flexibility index (Phi) is 3.59. The van der Waals surface area contributed by atoms with Crippen molar-refractivity contribution in [3.05, 3.63) is 65.6 Å². The van der Waals surface area contributed by atoms with Crippen LogP contribution in [-0.2, 0) is 0 Å². The molecule has 1 amide bonds. The van der Waals surface area contributed by atoms with Gasteiger partial charge in [-0.2, -0.15) is 0 Å². The van der Waals surface area contributed by atoms with Crippen LogP contribution in [0.5, 0.6) is 0 Å². The van der Waals surface area contributed by atoms with E-state index in [0.29, 0.717) is 30.4 Å². The number of aromatic nitrogens is 3. The van der Waals surface area contributed by atoms with Gasteiger partial charge in [0.05, 0.1) is 10.4 Å². The van der Waals surface area contributed by atoms with Crippen molar-refractivity contribution in [3.8, 4) is 10.7 Å². The zero-order valence-electron chi connectivity index (χ0n) is 12.3. The molecule has 114 valence electrons. The molecule has 4 heterocycles. The average Bonchev–Trinajstić information content (AvgIpc) is 3.09.